The number of amides is 1. The highest BCUT2D eigenvalue weighted by atomic mass is 32.2. The van der Waals surface area contributed by atoms with E-state index in [0.29, 0.717) is 30.2 Å². The van der Waals surface area contributed by atoms with Crippen molar-refractivity contribution in [1.29, 1.82) is 0 Å². The first-order valence-corrected chi connectivity index (χ1v) is 8.95. The molecule has 126 valence electrons. The number of methoxy groups -OCH3 is 1. The lowest BCUT2D eigenvalue weighted by Gasteiger charge is -2.16. The fraction of sp³-hybridized carbons (Fsp3) is 0.235. The van der Waals surface area contributed by atoms with Crippen molar-refractivity contribution >= 4 is 20.8 Å². The summed E-state index contributed by atoms with van der Waals surface area (Å²) in [7, 11) is -2.34. The van der Waals surface area contributed by atoms with Crippen LogP contribution in [-0.4, -0.2) is 33.9 Å². The number of rotatable bonds is 6. The molecular formula is C17H17NO5S. The van der Waals surface area contributed by atoms with Crippen LogP contribution in [-0.2, 0) is 9.84 Å². The highest BCUT2D eigenvalue weighted by Gasteiger charge is 2.41. The van der Waals surface area contributed by atoms with Crippen LogP contribution in [0.1, 0.15) is 6.42 Å². The van der Waals surface area contributed by atoms with E-state index in [0.717, 1.165) is 0 Å². The number of anilines is 1. The Bertz CT molecular complexity index is 863. The van der Waals surface area contributed by atoms with Crippen molar-refractivity contribution in [3.05, 3.63) is 48.5 Å². The molecule has 0 saturated heterocycles. The number of ether oxygens (including phenoxy) is 2. The Kier molecular flexibility index (Phi) is 4.44. The summed E-state index contributed by atoms with van der Waals surface area (Å²) in [6.07, 6.45) is 0.494. The monoisotopic (exact) mass is 347 g/mol. The van der Waals surface area contributed by atoms with Crippen LogP contribution < -0.4 is 14.4 Å². The predicted octanol–water partition coefficient (Wildman–Crippen LogP) is 2.88. The SMILES string of the molecule is COc1ccccc1OCCCN1C(=O)S(=O)(=O)c2ccccc21. The van der Waals surface area contributed by atoms with E-state index in [-0.39, 0.29) is 11.4 Å². The zero-order valence-electron chi connectivity index (χ0n) is 13.1. The molecular weight excluding hydrogens is 330 g/mol. The van der Waals surface area contributed by atoms with Gasteiger partial charge in [0.15, 0.2) is 11.5 Å². The van der Waals surface area contributed by atoms with E-state index in [1.807, 2.05) is 12.1 Å². The van der Waals surface area contributed by atoms with Gasteiger partial charge in [0, 0.05) is 6.54 Å². The van der Waals surface area contributed by atoms with Crippen molar-refractivity contribution in [2.24, 2.45) is 0 Å². The first-order valence-electron chi connectivity index (χ1n) is 7.47. The summed E-state index contributed by atoms with van der Waals surface area (Å²) < 4.78 is 35.0. The number of carbonyl (C=O) groups excluding carboxylic acids is 1. The van der Waals surface area contributed by atoms with E-state index >= 15 is 0 Å². The molecule has 0 fully saturated rings. The Morgan fingerprint density at radius 2 is 1.67 bits per heavy atom. The molecule has 0 bridgehead atoms. The average molecular weight is 347 g/mol. The Hall–Kier alpha value is -2.54. The van der Waals surface area contributed by atoms with Crippen molar-refractivity contribution in [3.8, 4) is 11.5 Å². The van der Waals surface area contributed by atoms with Crippen LogP contribution >= 0.6 is 0 Å². The molecule has 0 aliphatic carbocycles. The summed E-state index contributed by atoms with van der Waals surface area (Å²) in [5, 5.41) is -0.874. The number of hydrogen-bond acceptors (Lipinski definition) is 5. The molecule has 7 heteroatoms. The van der Waals surface area contributed by atoms with E-state index in [1.165, 1.54) is 11.0 Å². The molecule has 2 aromatic carbocycles. The zero-order valence-corrected chi connectivity index (χ0v) is 14.0. The van der Waals surface area contributed by atoms with Gasteiger partial charge >= 0.3 is 5.24 Å². The first kappa shape index (κ1) is 16.3. The van der Waals surface area contributed by atoms with Crippen LogP contribution in [0.2, 0.25) is 0 Å². The van der Waals surface area contributed by atoms with Gasteiger partial charge in [0.25, 0.3) is 9.84 Å². The van der Waals surface area contributed by atoms with E-state index in [4.69, 9.17) is 9.47 Å². The van der Waals surface area contributed by atoms with Gasteiger partial charge in [0.1, 0.15) is 4.90 Å². The number of hydrogen-bond donors (Lipinski definition) is 0. The van der Waals surface area contributed by atoms with Crippen LogP contribution in [0.4, 0.5) is 10.5 Å². The van der Waals surface area contributed by atoms with Gasteiger partial charge in [0.2, 0.25) is 0 Å². The predicted molar refractivity (Wildman–Crippen MR) is 89.5 cm³/mol. The van der Waals surface area contributed by atoms with Crippen LogP contribution in [0.3, 0.4) is 0 Å². The molecule has 0 radical (unpaired) electrons. The minimum atomic E-state index is -3.91. The Morgan fingerprint density at radius 1 is 1.00 bits per heavy atom. The second kappa shape index (κ2) is 6.52. The van der Waals surface area contributed by atoms with Gasteiger partial charge in [-0.2, -0.15) is 0 Å². The molecule has 0 unspecified atom stereocenters. The number of fused-ring (bicyclic) bond motifs is 1. The summed E-state index contributed by atoms with van der Waals surface area (Å²) in [6, 6.07) is 13.7. The van der Waals surface area contributed by atoms with Crippen LogP contribution in [0.5, 0.6) is 11.5 Å². The van der Waals surface area contributed by atoms with Gasteiger partial charge in [-0.05, 0) is 30.7 Å². The topological polar surface area (TPSA) is 72.9 Å². The quantitative estimate of drug-likeness (QED) is 0.751. The lowest BCUT2D eigenvalue weighted by Crippen LogP contribution is -2.30. The second-order valence-corrected chi connectivity index (χ2v) is 7.04. The van der Waals surface area contributed by atoms with Gasteiger partial charge in [-0.1, -0.05) is 24.3 Å². The number of carbonyl (C=O) groups is 1. The van der Waals surface area contributed by atoms with Crippen molar-refractivity contribution in [2.45, 2.75) is 11.3 Å². The van der Waals surface area contributed by atoms with Gasteiger partial charge in [-0.15, -0.1) is 0 Å². The molecule has 1 aliphatic heterocycles. The highest BCUT2D eigenvalue weighted by molar-refractivity contribution is 8.07. The van der Waals surface area contributed by atoms with E-state index in [2.05, 4.69) is 0 Å². The average Bonchev–Trinajstić information content (AvgIpc) is 2.80. The standard InChI is InChI=1S/C17H17NO5S/c1-22-14-8-3-4-9-15(14)23-12-6-11-18-13-7-2-5-10-16(13)24(20,21)17(18)19/h2-5,7-10H,6,11-12H2,1H3. The fourth-order valence-electron chi connectivity index (χ4n) is 2.60. The number of para-hydroxylation sites is 3. The number of benzene rings is 2. The van der Waals surface area contributed by atoms with E-state index in [1.54, 1.807) is 37.4 Å². The molecule has 1 aliphatic rings. The fourth-order valence-corrected chi connectivity index (χ4v) is 3.98. The molecule has 3 rings (SSSR count). The molecule has 0 spiro atoms. The summed E-state index contributed by atoms with van der Waals surface area (Å²) in [6.45, 7) is 0.608. The Labute approximate surface area is 140 Å². The van der Waals surface area contributed by atoms with Crippen LogP contribution in [0.15, 0.2) is 53.4 Å². The van der Waals surface area contributed by atoms with Crippen molar-refractivity contribution in [1.82, 2.24) is 0 Å². The lowest BCUT2D eigenvalue weighted by atomic mass is 10.3. The van der Waals surface area contributed by atoms with Crippen LogP contribution in [0, 0.1) is 0 Å². The zero-order chi connectivity index (χ0) is 17.2. The largest absolute Gasteiger partial charge is 0.493 e. The Balaban J connectivity index is 1.65. The number of nitrogens with zero attached hydrogens (tertiary/aromatic N) is 1. The van der Waals surface area contributed by atoms with Crippen molar-refractivity contribution < 1.29 is 22.7 Å². The normalized spacial score (nSPS) is 15.2. The first-order chi connectivity index (χ1) is 11.6. The summed E-state index contributed by atoms with van der Waals surface area (Å²) in [4.78, 5) is 13.5. The molecule has 1 amide bonds. The van der Waals surface area contributed by atoms with E-state index < -0.39 is 15.1 Å². The van der Waals surface area contributed by atoms with Gasteiger partial charge in [0.05, 0.1) is 19.4 Å². The third-order valence-corrected chi connectivity index (χ3v) is 5.35. The van der Waals surface area contributed by atoms with Crippen molar-refractivity contribution in [3.63, 3.8) is 0 Å². The maximum Gasteiger partial charge on any atom is 0.348 e. The summed E-state index contributed by atoms with van der Waals surface area (Å²) >= 11 is 0. The molecule has 2 aromatic rings. The smallest absolute Gasteiger partial charge is 0.348 e. The molecule has 6 nitrogen and oxygen atoms in total. The molecule has 24 heavy (non-hydrogen) atoms. The number of sulfone groups is 1. The minimum Gasteiger partial charge on any atom is -0.493 e. The molecule has 0 saturated carbocycles. The van der Waals surface area contributed by atoms with E-state index in [9.17, 15) is 13.2 Å². The minimum absolute atomic E-state index is 0.0700. The summed E-state index contributed by atoms with van der Waals surface area (Å²) in [5.41, 5.74) is 0.430. The third-order valence-electron chi connectivity index (χ3n) is 3.75. The molecule has 0 atom stereocenters. The van der Waals surface area contributed by atoms with Gasteiger partial charge in [-0.25, -0.2) is 8.42 Å². The molecule has 1 heterocycles. The Morgan fingerprint density at radius 3 is 2.42 bits per heavy atom. The molecule has 0 aromatic heterocycles. The summed E-state index contributed by atoms with van der Waals surface area (Å²) in [5.74, 6) is 1.24. The lowest BCUT2D eigenvalue weighted by molar-refractivity contribution is 0.261. The van der Waals surface area contributed by atoms with Crippen molar-refractivity contribution in [2.75, 3.05) is 25.2 Å². The second-order valence-electron chi connectivity index (χ2n) is 5.24. The van der Waals surface area contributed by atoms with Crippen LogP contribution in [0.25, 0.3) is 0 Å². The third kappa shape index (κ3) is 2.82. The maximum absolute atomic E-state index is 12.1. The van der Waals surface area contributed by atoms with Gasteiger partial charge in [-0.3, -0.25) is 9.69 Å². The maximum atomic E-state index is 12.1. The van der Waals surface area contributed by atoms with Gasteiger partial charge < -0.3 is 9.47 Å². The molecule has 0 N–H and O–H groups in total. The highest BCUT2D eigenvalue weighted by Crippen LogP contribution is 2.35.